The van der Waals surface area contributed by atoms with Gasteiger partial charge in [0.15, 0.2) is 0 Å². The maximum atomic E-state index is 12.3. The number of halogens is 1. The molecule has 7 nitrogen and oxygen atoms in total. The third kappa shape index (κ3) is 5.49. The van der Waals surface area contributed by atoms with Gasteiger partial charge in [-0.25, -0.2) is 4.79 Å². The second-order valence-electron chi connectivity index (χ2n) is 6.03. The van der Waals surface area contributed by atoms with Crippen LogP contribution < -0.4 is 10.6 Å². The van der Waals surface area contributed by atoms with Crippen molar-refractivity contribution >= 4 is 29.2 Å². The minimum Gasteiger partial charge on any atom is -0.352 e. The van der Waals surface area contributed by atoms with E-state index in [0.717, 1.165) is 18.4 Å². The van der Waals surface area contributed by atoms with Crippen molar-refractivity contribution in [1.82, 2.24) is 20.0 Å². The average molecular weight is 378 g/mol. The molecule has 2 rings (SSSR count). The Morgan fingerprint density at radius 1 is 1.35 bits per heavy atom. The third-order valence-corrected chi connectivity index (χ3v) is 4.18. The maximum Gasteiger partial charge on any atom is 0.321 e. The second kappa shape index (κ2) is 9.24. The molecule has 0 saturated heterocycles. The predicted molar refractivity (Wildman–Crippen MR) is 103 cm³/mol. The van der Waals surface area contributed by atoms with E-state index in [9.17, 15) is 9.59 Å². The second-order valence-corrected chi connectivity index (χ2v) is 6.44. The van der Waals surface area contributed by atoms with Crippen molar-refractivity contribution in [3.05, 3.63) is 46.7 Å². The molecule has 0 unspecified atom stereocenters. The Balaban J connectivity index is 1.85. The number of benzene rings is 1. The summed E-state index contributed by atoms with van der Waals surface area (Å²) in [5.41, 5.74) is 2.08. The number of aromatic nitrogens is 2. The van der Waals surface area contributed by atoms with Crippen LogP contribution in [0.4, 0.5) is 10.5 Å². The SMILES string of the molecule is CCNC(=O)c1ccc(NC(=O)N(C)CCCc2cnn(C)c2)cc1Cl. The van der Waals surface area contributed by atoms with E-state index < -0.39 is 0 Å². The molecule has 140 valence electrons. The summed E-state index contributed by atoms with van der Waals surface area (Å²) in [6, 6.07) is 4.62. The number of aryl methyl sites for hydroxylation is 2. The predicted octanol–water partition coefficient (Wildman–Crippen LogP) is 2.92. The first kappa shape index (κ1) is 19.8. The van der Waals surface area contributed by atoms with Crippen molar-refractivity contribution in [1.29, 1.82) is 0 Å². The summed E-state index contributed by atoms with van der Waals surface area (Å²) >= 11 is 6.14. The molecule has 2 N–H and O–H groups in total. The Kier molecular flexibility index (Phi) is 7.03. The number of nitrogens with zero attached hydrogens (tertiary/aromatic N) is 3. The van der Waals surface area contributed by atoms with Crippen molar-refractivity contribution in [2.75, 3.05) is 25.5 Å². The number of urea groups is 1. The van der Waals surface area contributed by atoms with Gasteiger partial charge in [-0.3, -0.25) is 9.48 Å². The van der Waals surface area contributed by atoms with Crippen molar-refractivity contribution in [3.8, 4) is 0 Å². The van der Waals surface area contributed by atoms with Gasteiger partial charge >= 0.3 is 6.03 Å². The molecule has 3 amide bonds. The molecule has 0 aliphatic rings. The monoisotopic (exact) mass is 377 g/mol. The van der Waals surface area contributed by atoms with Crippen LogP contribution in [-0.4, -0.2) is 46.8 Å². The van der Waals surface area contributed by atoms with Gasteiger partial charge in [-0.05, 0) is 43.5 Å². The highest BCUT2D eigenvalue weighted by Crippen LogP contribution is 2.21. The Bertz CT molecular complexity index is 775. The number of nitrogens with one attached hydrogen (secondary N) is 2. The lowest BCUT2D eigenvalue weighted by molar-refractivity contribution is 0.0956. The van der Waals surface area contributed by atoms with Gasteiger partial charge < -0.3 is 15.5 Å². The molecule has 8 heteroatoms. The van der Waals surface area contributed by atoms with Crippen molar-refractivity contribution in [2.45, 2.75) is 19.8 Å². The Labute approximate surface area is 158 Å². The lowest BCUT2D eigenvalue weighted by atomic mass is 10.2. The topological polar surface area (TPSA) is 79.3 Å². The summed E-state index contributed by atoms with van der Waals surface area (Å²) in [6.45, 7) is 2.98. The van der Waals surface area contributed by atoms with Gasteiger partial charge in [-0.15, -0.1) is 0 Å². The molecule has 1 aromatic carbocycles. The molecule has 1 heterocycles. The molecule has 1 aromatic heterocycles. The molecule has 26 heavy (non-hydrogen) atoms. The van der Waals surface area contributed by atoms with E-state index in [1.54, 1.807) is 34.8 Å². The fourth-order valence-electron chi connectivity index (χ4n) is 2.47. The van der Waals surface area contributed by atoms with Gasteiger partial charge in [0.05, 0.1) is 16.8 Å². The average Bonchev–Trinajstić information content (AvgIpc) is 3.00. The molecule has 0 saturated carbocycles. The van der Waals surface area contributed by atoms with E-state index in [-0.39, 0.29) is 11.9 Å². The van der Waals surface area contributed by atoms with Gasteiger partial charge in [-0.1, -0.05) is 11.6 Å². The smallest absolute Gasteiger partial charge is 0.321 e. The van der Waals surface area contributed by atoms with E-state index >= 15 is 0 Å². The minimum absolute atomic E-state index is 0.224. The van der Waals surface area contributed by atoms with Crippen LogP contribution in [0.1, 0.15) is 29.3 Å². The number of carbonyl (C=O) groups excluding carboxylic acids is 2. The zero-order valence-corrected chi connectivity index (χ0v) is 16.0. The summed E-state index contributed by atoms with van der Waals surface area (Å²) in [5.74, 6) is -0.233. The fraction of sp³-hybridized carbons (Fsp3) is 0.389. The summed E-state index contributed by atoms with van der Waals surface area (Å²) in [5, 5.41) is 9.91. The molecular formula is C18H24ClN5O2. The van der Waals surface area contributed by atoms with Crippen molar-refractivity contribution in [2.24, 2.45) is 7.05 Å². The van der Waals surface area contributed by atoms with E-state index in [2.05, 4.69) is 15.7 Å². The van der Waals surface area contributed by atoms with Crippen molar-refractivity contribution in [3.63, 3.8) is 0 Å². The van der Waals surface area contributed by atoms with Gasteiger partial charge in [0.25, 0.3) is 5.91 Å². The Hall–Kier alpha value is -2.54. The molecule has 0 bridgehead atoms. The summed E-state index contributed by atoms with van der Waals surface area (Å²) in [4.78, 5) is 25.7. The first-order chi connectivity index (χ1) is 12.4. The van der Waals surface area contributed by atoms with Crippen LogP contribution in [-0.2, 0) is 13.5 Å². The van der Waals surface area contributed by atoms with Crippen LogP contribution in [0.5, 0.6) is 0 Å². The largest absolute Gasteiger partial charge is 0.352 e. The van der Waals surface area contributed by atoms with Crippen LogP contribution in [0.2, 0.25) is 5.02 Å². The first-order valence-corrected chi connectivity index (χ1v) is 8.86. The molecule has 0 aliphatic carbocycles. The number of carbonyl (C=O) groups is 2. The van der Waals surface area contributed by atoms with Crippen LogP contribution in [0.15, 0.2) is 30.6 Å². The molecule has 0 atom stereocenters. The molecular weight excluding hydrogens is 354 g/mol. The Morgan fingerprint density at radius 2 is 2.12 bits per heavy atom. The highest BCUT2D eigenvalue weighted by atomic mass is 35.5. The number of amides is 3. The summed E-state index contributed by atoms with van der Waals surface area (Å²) in [6.07, 6.45) is 5.50. The fourth-order valence-corrected chi connectivity index (χ4v) is 2.74. The van der Waals surface area contributed by atoms with Crippen LogP contribution in [0, 0.1) is 0 Å². The zero-order chi connectivity index (χ0) is 19.1. The van der Waals surface area contributed by atoms with E-state index in [1.165, 1.54) is 0 Å². The molecule has 0 fully saturated rings. The molecule has 0 spiro atoms. The Morgan fingerprint density at radius 3 is 2.73 bits per heavy atom. The number of anilines is 1. The zero-order valence-electron chi connectivity index (χ0n) is 15.3. The van der Waals surface area contributed by atoms with Crippen molar-refractivity contribution < 1.29 is 9.59 Å². The quantitative estimate of drug-likeness (QED) is 0.778. The number of hydrogen-bond acceptors (Lipinski definition) is 3. The van der Waals surface area contributed by atoms with Crippen LogP contribution >= 0.6 is 11.6 Å². The standard InChI is InChI=1S/C18H24ClN5O2/c1-4-20-17(25)15-8-7-14(10-16(15)19)22-18(26)23(2)9-5-6-13-11-21-24(3)12-13/h7-8,10-12H,4-6,9H2,1-3H3,(H,20,25)(H,22,26). The minimum atomic E-state index is -0.233. The lowest BCUT2D eigenvalue weighted by Gasteiger charge is -2.18. The van der Waals surface area contributed by atoms with E-state index in [1.807, 2.05) is 26.4 Å². The van der Waals surface area contributed by atoms with E-state index in [4.69, 9.17) is 11.6 Å². The van der Waals surface area contributed by atoms with Gasteiger partial charge in [0.1, 0.15) is 0 Å². The van der Waals surface area contributed by atoms with Crippen LogP contribution in [0.25, 0.3) is 0 Å². The lowest BCUT2D eigenvalue weighted by Crippen LogP contribution is -2.32. The van der Waals surface area contributed by atoms with Gasteiger partial charge in [-0.2, -0.15) is 5.10 Å². The molecule has 2 aromatic rings. The normalized spacial score (nSPS) is 10.5. The maximum absolute atomic E-state index is 12.3. The number of hydrogen-bond donors (Lipinski definition) is 2. The first-order valence-electron chi connectivity index (χ1n) is 8.48. The third-order valence-electron chi connectivity index (χ3n) is 3.87. The van der Waals surface area contributed by atoms with Gasteiger partial charge in [0.2, 0.25) is 0 Å². The van der Waals surface area contributed by atoms with Crippen LogP contribution in [0.3, 0.4) is 0 Å². The molecule has 0 radical (unpaired) electrons. The highest BCUT2D eigenvalue weighted by molar-refractivity contribution is 6.34. The molecule has 0 aliphatic heterocycles. The van der Waals surface area contributed by atoms with Gasteiger partial charge in [0, 0.05) is 39.1 Å². The summed E-state index contributed by atoms with van der Waals surface area (Å²) in [7, 11) is 3.62. The highest BCUT2D eigenvalue weighted by Gasteiger charge is 2.13. The number of rotatable bonds is 7. The van der Waals surface area contributed by atoms with E-state index in [0.29, 0.717) is 29.4 Å². The summed E-state index contributed by atoms with van der Waals surface area (Å²) < 4.78 is 1.76.